The normalized spacial score (nSPS) is 21.3. The molecular formula is C18H20N6. The molecular weight excluding hydrogens is 300 g/mol. The lowest BCUT2D eigenvalue weighted by molar-refractivity contribution is 0.508. The van der Waals surface area contributed by atoms with Crippen LogP contribution in [0.4, 0.5) is 5.82 Å². The van der Waals surface area contributed by atoms with Crippen LogP contribution in [0.3, 0.4) is 0 Å². The molecule has 2 aliphatic rings. The van der Waals surface area contributed by atoms with Gasteiger partial charge in [0.2, 0.25) is 0 Å². The number of nitrogens with zero attached hydrogens (tertiary/aromatic N) is 6. The zero-order valence-electron chi connectivity index (χ0n) is 13.5. The summed E-state index contributed by atoms with van der Waals surface area (Å²) in [6.07, 6.45) is 6.41. The van der Waals surface area contributed by atoms with Crippen molar-refractivity contribution in [1.29, 1.82) is 0 Å². The van der Waals surface area contributed by atoms with Crippen LogP contribution in [0.25, 0.3) is 11.2 Å². The highest BCUT2D eigenvalue weighted by molar-refractivity contribution is 5.82. The van der Waals surface area contributed by atoms with E-state index in [1.807, 2.05) is 4.68 Å². The third-order valence-electron chi connectivity index (χ3n) is 5.13. The first-order valence-corrected chi connectivity index (χ1v) is 8.76. The van der Waals surface area contributed by atoms with Crippen LogP contribution in [-0.2, 0) is 0 Å². The van der Waals surface area contributed by atoms with Crippen molar-refractivity contribution in [2.24, 2.45) is 0 Å². The number of benzene rings is 1. The fourth-order valence-corrected chi connectivity index (χ4v) is 3.72. The van der Waals surface area contributed by atoms with Gasteiger partial charge in [-0.2, -0.15) is 0 Å². The molecule has 6 nitrogen and oxygen atoms in total. The van der Waals surface area contributed by atoms with Gasteiger partial charge in [-0.05, 0) is 31.2 Å². The van der Waals surface area contributed by atoms with Crippen LogP contribution in [0, 0.1) is 0 Å². The Morgan fingerprint density at radius 2 is 1.88 bits per heavy atom. The zero-order chi connectivity index (χ0) is 15.9. The van der Waals surface area contributed by atoms with E-state index in [4.69, 9.17) is 0 Å². The summed E-state index contributed by atoms with van der Waals surface area (Å²) in [5.74, 6) is 1.48. The van der Waals surface area contributed by atoms with Gasteiger partial charge in [0.1, 0.15) is 6.33 Å². The standard InChI is InChI=1S/C18H20N6/c1-2-5-13(6-3-1)14-7-4-10-23(11-14)17-16-18(20-12-19-17)24(22-21-16)15-8-9-15/h1-3,5-6,12,14-15H,4,7-11H2. The number of hydrogen-bond donors (Lipinski definition) is 0. The summed E-state index contributed by atoms with van der Waals surface area (Å²) in [6, 6.07) is 11.3. The SMILES string of the molecule is c1ccc(C2CCCN(c3ncnc4c3nnn4C3CC3)C2)cc1. The molecule has 1 atom stereocenters. The minimum atomic E-state index is 0.483. The second-order valence-corrected chi connectivity index (χ2v) is 6.83. The molecule has 3 aromatic rings. The highest BCUT2D eigenvalue weighted by Gasteiger charge is 2.30. The molecule has 1 aliphatic carbocycles. The minimum absolute atomic E-state index is 0.483. The van der Waals surface area contributed by atoms with Crippen LogP contribution in [0.5, 0.6) is 0 Å². The Bertz CT molecular complexity index is 854. The van der Waals surface area contributed by atoms with Gasteiger partial charge < -0.3 is 4.90 Å². The Hall–Kier alpha value is -2.50. The summed E-state index contributed by atoms with van der Waals surface area (Å²) in [6.45, 7) is 2.00. The maximum absolute atomic E-state index is 4.55. The molecule has 3 heterocycles. The van der Waals surface area contributed by atoms with Crippen molar-refractivity contribution in [3.8, 4) is 0 Å². The van der Waals surface area contributed by atoms with E-state index >= 15 is 0 Å². The van der Waals surface area contributed by atoms with Gasteiger partial charge >= 0.3 is 0 Å². The first kappa shape index (κ1) is 13.9. The molecule has 2 aromatic heterocycles. The number of hydrogen-bond acceptors (Lipinski definition) is 5. The van der Waals surface area contributed by atoms with Gasteiger partial charge in [0, 0.05) is 19.0 Å². The lowest BCUT2D eigenvalue weighted by atomic mass is 9.91. The van der Waals surface area contributed by atoms with E-state index in [2.05, 4.69) is 55.5 Å². The van der Waals surface area contributed by atoms with Crippen LogP contribution in [0.15, 0.2) is 36.7 Å². The molecule has 0 spiro atoms. The molecule has 122 valence electrons. The molecule has 0 amide bonds. The molecule has 24 heavy (non-hydrogen) atoms. The van der Waals surface area contributed by atoms with E-state index in [0.29, 0.717) is 12.0 Å². The molecule has 0 N–H and O–H groups in total. The van der Waals surface area contributed by atoms with Gasteiger partial charge in [0.05, 0.1) is 6.04 Å². The Kier molecular flexibility index (Phi) is 3.21. The average Bonchev–Trinajstić information content (AvgIpc) is 3.41. The van der Waals surface area contributed by atoms with E-state index < -0.39 is 0 Å². The van der Waals surface area contributed by atoms with E-state index in [-0.39, 0.29) is 0 Å². The molecule has 1 saturated heterocycles. The van der Waals surface area contributed by atoms with Crippen molar-refractivity contribution in [1.82, 2.24) is 25.0 Å². The van der Waals surface area contributed by atoms with Gasteiger partial charge in [0.15, 0.2) is 17.0 Å². The van der Waals surface area contributed by atoms with Crippen molar-refractivity contribution < 1.29 is 0 Å². The summed E-state index contributed by atoms with van der Waals surface area (Å²) in [5, 5.41) is 8.73. The molecule has 6 heteroatoms. The Morgan fingerprint density at radius 1 is 1.00 bits per heavy atom. The first-order valence-electron chi connectivity index (χ1n) is 8.76. The second-order valence-electron chi connectivity index (χ2n) is 6.83. The number of aromatic nitrogens is 5. The maximum atomic E-state index is 4.55. The van der Waals surface area contributed by atoms with Crippen LogP contribution >= 0.6 is 0 Å². The second kappa shape index (κ2) is 5.54. The highest BCUT2D eigenvalue weighted by atomic mass is 15.5. The predicted octanol–water partition coefficient (Wildman–Crippen LogP) is 2.94. The monoisotopic (exact) mass is 320 g/mol. The zero-order valence-corrected chi connectivity index (χ0v) is 13.5. The molecule has 1 aliphatic heterocycles. The molecule has 1 aromatic carbocycles. The number of fused-ring (bicyclic) bond motifs is 1. The molecule has 2 fully saturated rings. The summed E-state index contributed by atoms with van der Waals surface area (Å²) in [7, 11) is 0. The minimum Gasteiger partial charge on any atom is -0.354 e. The summed E-state index contributed by atoms with van der Waals surface area (Å²) < 4.78 is 1.97. The van der Waals surface area contributed by atoms with Crippen LogP contribution < -0.4 is 4.90 Å². The van der Waals surface area contributed by atoms with Crippen LogP contribution in [0.1, 0.15) is 43.2 Å². The van der Waals surface area contributed by atoms with Gasteiger partial charge in [-0.25, -0.2) is 14.6 Å². The van der Waals surface area contributed by atoms with Gasteiger partial charge in [-0.15, -0.1) is 5.10 Å². The fraction of sp³-hybridized carbons (Fsp3) is 0.444. The van der Waals surface area contributed by atoms with E-state index in [1.54, 1.807) is 6.33 Å². The van der Waals surface area contributed by atoms with Gasteiger partial charge in [0.25, 0.3) is 0 Å². The lowest BCUT2D eigenvalue weighted by Gasteiger charge is -2.33. The van der Waals surface area contributed by atoms with Gasteiger partial charge in [-0.1, -0.05) is 35.5 Å². The molecule has 1 unspecified atom stereocenters. The Morgan fingerprint density at radius 3 is 2.71 bits per heavy atom. The topological polar surface area (TPSA) is 59.7 Å². The third-order valence-corrected chi connectivity index (χ3v) is 5.13. The van der Waals surface area contributed by atoms with E-state index in [9.17, 15) is 0 Å². The fourth-order valence-electron chi connectivity index (χ4n) is 3.72. The van der Waals surface area contributed by atoms with Crippen molar-refractivity contribution in [2.75, 3.05) is 18.0 Å². The highest BCUT2D eigenvalue weighted by Crippen LogP contribution is 2.37. The van der Waals surface area contributed by atoms with Gasteiger partial charge in [-0.3, -0.25) is 0 Å². The third kappa shape index (κ3) is 2.33. The maximum Gasteiger partial charge on any atom is 0.184 e. The Labute approximate surface area is 140 Å². The quantitative estimate of drug-likeness (QED) is 0.742. The first-order chi connectivity index (χ1) is 11.9. The van der Waals surface area contributed by atoms with Crippen molar-refractivity contribution in [3.05, 3.63) is 42.2 Å². The van der Waals surface area contributed by atoms with Crippen LogP contribution in [-0.4, -0.2) is 38.1 Å². The molecule has 5 rings (SSSR count). The molecule has 0 bridgehead atoms. The predicted molar refractivity (Wildman–Crippen MR) is 92.0 cm³/mol. The number of rotatable bonds is 3. The van der Waals surface area contributed by atoms with Crippen molar-refractivity contribution >= 4 is 17.0 Å². The molecule has 0 radical (unpaired) electrons. The van der Waals surface area contributed by atoms with Crippen molar-refractivity contribution in [3.63, 3.8) is 0 Å². The van der Waals surface area contributed by atoms with E-state index in [0.717, 1.165) is 30.1 Å². The van der Waals surface area contributed by atoms with E-state index in [1.165, 1.54) is 31.2 Å². The largest absolute Gasteiger partial charge is 0.354 e. The van der Waals surface area contributed by atoms with Crippen LogP contribution in [0.2, 0.25) is 0 Å². The number of anilines is 1. The lowest BCUT2D eigenvalue weighted by Crippen LogP contribution is -2.35. The Balaban J connectivity index is 1.48. The average molecular weight is 320 g/mol. The summed E-state index contributed by atoms with van der Waals surface area (Å²) in [4.78, 5) is 11.3. The number of piperidine rings is 1. The summed E-state index contributed by atoms with van der Waals surface area (Å²) >= 11 is 0. The molecule has 1 saturated carbocycles. The summed E-state index contributed by atoms with van der Waals surface area (Å²) in [5.41, 5.74) is 3.14. The smallest absolute Gasteiger partial charge is 0.184 e. The van der Waals surface area contributed by atoms with Crippen molar-refractivity contribution in [2.45, 2.75) is 37.6 Å².